The first-order chi connectivity index (χ1) is 10.1. The molecule has 1 amide bonds. The molecule has 2 rings (SSSR count). The van der Waals surface area contributed by atoms with Crippen molar-refractivity contribution in [2.75, 3.05) is 26.4 Å². The van der Waals surface area contributed by atoms with Crippen LogP contribution in [0.25, 0.3) is 0 Å². The van der Waals surface area contributed by atoms with E-state index in [2.05, 4.69) is 24.5 Å². The molecule has 1 fully saturated rings. The molecule has 1 aliphatic heterocycles. The Morgan fingerprint density at radius 1 is 1.50 bits per heavy atom. The van der Waals surface area contributed by atoms with E-state index in [1.165, 1.54) is 0 Å². The zero-order valence-electron chi connectivity index (χ0n) is 13.1. The van der Waals surface area contributed by atoms with Crippen molar-refractivity contribution in [2.24, 2.45) is 5.92 Å². The Morgan fingerprint density at radius 2 is 2.32 bits per heavy atom. The quantitative estimate of drug-likeness (QED) is 0.835. The first kappa shape index (κ1) is 18.7. The van der Waals surface area contributed by atoms with Gasteiger partial charge in [0, 0.05) is 13.1 Å². The summed E-state index contributed by atoms with van der Waals surface area (Å²) < 4.78 is 11.0. The summed E-state index contributed by atoms with van der Waals surface area (Å²) in [4.78, 5) is 12.0. The minimum Gasteiger partial charge on any atom is -0.493 e. The van der Waals surface area contributed by atoms with E-state index >= 15 is 0 Å². The molecule has 1 saturated heterocycles. The van der Waals surface area contributed by atoms with Crippen molar-refractivity contribution in [3.63, 3.8) is 0 Å². The van der Waals surface area contributed by atoms with Crippen LogP contribution in [0.4, 0.5) is 0 Å². The van der Waals surface area contributed by atoms with Crippen molar-refractivity contribution >= 4 is 18.3 Å². The van der Waals surface area contributed by atoms with Gasteiger partial charge in [-0.3, -0.25) is 4.79 Å². The van der Waals surface area contributed by atoms with Gasteiger partial charge in [0.25, 0.3) is 0 Å². The zero-order chi connectivity index (χ0) is 15.1. The van der Waals surface area contributed by atoms with Gasteiger partial charge in [-0.25, -0.2) is 0 Å². The number of nitrogens with one attached hydrogen (secondary N) is 2. The molecule has 1 heterocycles. The van der Waals surface area contributed by atoms with Gasteiger partial charge in [0.1, 0.15) is 11.8 Å². The highest BCUT2D eigenvalue weighted by Gasteiger charge is 2.20. The number of carbonyl (C=O) groups excluding carboxylic acids is 1. The van der Waals surface area contributed by atoms with E-state index in [0.717, 1.165) is 17.9 Å². The molecule has 0 aliphatic carbocycles. The van der Waals surface area contributed by atoms with Crippen molar-refractivity contribution in [1.82, 2.24) is 10.6 Å². The summed E-state index contributed by atoms with van der Waals surface area (Å²) in [5.41, 5.74) is 1.03. The normalized spacial score (nSPS) is 17.7. The minimum absolute atomic E-state index is 0. The number of carbonyl (C=O) groups is 1. The average molecular weight is 329 g/mol. The molecule has 0 spiro atoms. The molecule has 6 heteroatoms. The number of rotatable bonds is 6. The lowest BCUT2D eigenvalue weighted by molar-refractivity contribution is -0.126. The van der Waals surface area contributed by atoms with Crippen molar-refractivity contribution in [2.45, 2.75) is 26.4 Å². The molecule has 0 saturated carbocycles. The fourth-order valence-electron chi connectivity index (χ4n) is 2.05. The molecule has 1 atom stereocenters. The maximum atomic E-state index is 12.0. The molecule has 1 aromatic carbocycles. The number of hydrogen-bond donors (Lipinski definition) is 2. The Labute approximate surface area is 138 Å². The first-order valence-corrected chi connectivity index (χ1v) is 7.45. The van der Waals surface area contributed by atoms with E-state index in [0.29, 0.717) is 32.3 Å². The van der Waals surface area contributed by atoms with Gasteiger partial charge in [0.2, 0.25) is 5.91 Å². The van der Waals surface area contributed by atoms with Gasteiger partial charge in [-0.2, -0.15) is 0 Å². The third-order valence-electron chi connectivity index (χ3n) is 3.19. The summed E-state index contributed by atoms with van der Waals surface area (Å²) in [7, 11) is 0. The number of benzene rings is 1. The van der Waals surface area contributed by atoms with Crippen LogP contribution in [0.15, 0.2) is 24.3 Å². The molecule has 1 unspecified atom stereocenters. The van der Waals surface area contributed by atoms with E-state index in [-0.39, 0.29) is 24.4 Å². The molecule has 0 aromatic heterocycles. The van der Waals surface area contributed by atoms with Crippen molar-refractivity contribution in [3.05, 3.63) is 29.8 Å². The third kappa shape index (κ3) is 6.22. The van der Waals surface area contributed by atoms with Crippen LogP contribution in [0.5, 0.6) is 5.75 Å². The summed E-state index contributed by atoms with van der Waals surface area (Å²) in [5, 5.41) is 6.06. The maximum absolute atomic E-state index is 12.0. The highest BCUT2D eigenvalue weighted by Crippen LogP contribution is 2.14. The molecule has 1 aliphatic rings. The molecular weight excluding hydrogens is 304 g/mol. The lowest BCUT2D eigenvalue weighted by Crippen LogP contribution is -2.51. The Morgan fingerprint density at radius 3 is 3.00 bits per heavy atom. The molecule has 5 nitrogen and oxygen atoms in total. The van der Waals surface area contributed by atoms with Gasteiger partial charge in [0.05, 0.1) is 19.8 Å². The second kappa shape index (κ2) is 9.66. The van der Waals surface area contributed by atoms with Crippen LogP contribution >= 0.6 is 12.4 Å². The monoisotopic (exact) mass is 328 g/mol. The average Bonchev–Trinajstić information content (AvgIpc) is 2.52. The van der Waals surface area contributed by atoms with Gasteiger partial charge in [-0.1, -0.05) is 26.0 Å². The molecular formula is C16H25ClN2O3. The number of morpholine rings is 1. The van der Waals surface area contributed by atoms with Crippen molar-refractivity contribution < 1.29 is 14.3 Å². The van der Waals surface area contributed by atoms with E-state index in [9.17, 15) is 4.79 Å². The predicted molar refractivity (Wildman–Crippen MR) is 88.5 cm³/mol. The van der Waals surface area contributed by atoms with Gasteiger partial charge in [-0.05, 0) is 23.6 Å². The lowest BCUT2D eigenvalue weighted by Gasteiger charge is -2.22. The van der Waals surface area contributed by atoms with Crippen LogP contribution in [-0.4, -0.2) is 38.3 Å². The van der Waals surface area contributed by atoms with Gasteiger partial charge in [0.15, 0.2) is 0 Å². The summed E-state index contributed by atoms with van der Waals surface area (Å²) >= 11 is 0. The Hall–Kier alpha value is -1.30. The fourth-order valence-corrected chi connectivity index (χ4v) is 2.05. The topological polar surface area (TPSA) is 59.6 Å². The molecule has 1 aromatic rings. The minimum atomic E-state index is -0.251. The second-order valence-corrected chi connectivity index (χ2v) is 5.65. The lowest BCUT2D eigenvalue weighted by atomic mass is 10.2. The summed E-state index contributed by atoms with van der Waals surface area (Å²) in [6, 6.07) is 7.57. The Bertz CT molecular complexity index is 462. The zero-order valence-corrected chi connectivity index (χ0v) is 13.9. The predicted octanol–water partition coefficient (Wildman–Crippen LogP) is 1.75. The highest BCUT2D eigenvalue weighted by atomic mass is 35.5. The number of amides is 1. The van der Waals surface area contributed by atoms with Crippen molar-refractivity contribution in [3.8, 4) is 5.75 Å². The van der Waals surface area contributed by atoms with Gasteiger partial charge < -0.3 is 20.1 Å². The summed E-state index contributed by atoms with van der Waals surface area (Å²) in [5.74, 6) is 1.31. The fraction of sp³-hybridized carbons (Fsp3) is 0.562. The standard InChI is InChI=1S/C16H24N2O3.ClH/c1-12(2)10-21-14-5-3-4-13(8-14)9-18-16(19)15-11-20-7-6-17-15;/h3-5,8,12,15,17H,6-7,9-11H2,1-2H3,(H,18,19);1H. The van der Waals surface area contributed by atoms with E-state index < -0.39 is 0 Å². The first-order valence-electron chi connectivity index (χ1n) is 7.45. The highest BCUT2D eigenvalue weighted by molar-refractivity contribution is 5.85. The second-order valence-electron chi connectivity index (χ2n) is 5.65. The number of halogens is 1. The Kier molecular flexibility index (Phi) is 8.24. The molecule has 0 radical (unpaired) electrons. The molecule has 2 N–H and O–H groups in total. The van der Waals surface area contributed by atoms with Crippen LogP contribution in [0.3, 0.4) is 0 Å². The largest absolute Gasteiger partial charge is 0.493 e. The van der Waals surface area contributed by atoms with Crippen LogP contribution in [-0.2, 0) is 16.1 Å². The van der Waals surface area contributed by atoms with Crippen LogP contribution < -0.4 is 15.4 Å². The number of hydrogen-bond acceptors (Lipinski definition) is 4. The molecule has 0 bridgehead atoms. The van der Waals surface area contributed by atoms with Crippen LogP contribution in [0.1, 0.15) is 19.4 Å². The van der Waals surface area contributed by atoms with Crippen LogP contribution in [0.2, 0.25) is 0 Å². The van der Waals surface area contributed by atoms with Crippen molar-refractivity contribution in [1.29, 1.82) is 0 Å². The molecule has 22 heavy (non-hydrogen) atoms. The van der Waals surface area contributed by atoms with E-state index in [1.807, 2.05) is 24.3 Å². The van der Waals surface area contributed by atoms with Crippen LogP contribution in [0, 0.1) is 5.92 Å². The molecule has 124 valence electrons. The maximum Gasteiger partial charge on any atom is 0.239 e. The summed E-state index contributed by atoms with van der Waals surface area (Å²) in [6.45, 7) is 7.24. The SMILES string of the molecule is CC(C)COc1cccc(CNC(=O)C2COCCN2)c1.Cl. The third-order valence-corrected chi connectivity index (χ3v) is 3.19. The number of ether oxygens (including phenoxy) is 2. The Balaban J connectivity index is 0.00000242. The van der Waals surface area contributed by atoms with E-state index in [1.54, 1.807) is 0 Å². The van der Waals surface area contributed by atoms with Gasteiger partial charge in [-0.15, -0.1) is 12.4 Å². The summed E-state index contributed by atoms with van der Waals surface area (Å²) in [6.07, 6.45) is 0. The van der Waals surface area contributed by atoms with E-state index in [4.69, 9.17) is 9.47 Å². The van der Waals surface area contributed by atoms with Gasteiger partial charge >= 0.3 is 0 Å². The smallest absolute Gasteiger partial charge is 0.239 e.